The van der Waals surface area contributed by atoms with Crippen LogP contribution in [0.2, 0.25) is 0 Å². The molecule has 3 N–H and O–H groups in total. The number of nitrogens with zero attached hydrogens (tertiary/aromatic N) is 1. The number of benzene rings is 2. The van der Waals surface area contributed by atoms with E-state index in [0.29, 0.717) is 11.5 Å². The van der Waals surface area contributed by atoms with Gasteiger partial charge in [-0.25, -0.2) is 13.6 Å². The third kappa shape index (κ3) is 3.00. The molecule has 0 aliphatic heterocycles. The zero-order valence-corrected chi connectivity index (χ0v) is 12.2. The van der Waals surface area contributed by atoms with Crippen LogP contribution in [0.15, 0.2) is 65.7 Å². The number of sulfonamides is 1. The maximum atomic E-state index is 11.2. The van der Waals surface area contributed by atoms with E-state index in [1.165, 1.54) is 12.1 Å². The molecule has 0 atom stereocenters. The summed E-state index contributed by atoms with van der Waals surface area (Å²) >= 11 is 0. The predicted octanol–water partition coefficient (Wildman–Crippen LogP) is 2.52. The summed E-state index contributed by atoms with van der Waals surface area (Å²) in [6.07, 6.45) is 1.57. The first-order valence-electron chi connectivity index (χ1n) is 6.43. The molecule has 1 heterocycles. The van der Waals surface area contributed by atoms with E-state index in [1.807, 2.05) is 30.3 Å². The minimum atomic E-state index is -3.71. The van der Waals surface area contributed by atoms with Crippen molar-refractivity contribution in [1.82, 2.24) is 10.2 Å². The van der Waals surface area contributed by atoms with E-state index in [0.717, 1.165) is 11.3 Å². The van der Waals surface area contributed by atoms with E-state index >= 15 is 0 Å². The van der Waals surface area contributed by atoms with Crippen molar-refractivity contribution in [2.45, 2.75) is 4.90 Å². The second-order valence-corrected chi connectivity index (χ2v) is 6.16. The van der Waals surface area contributed by atoms with Gasteiger partial charge in [0.15, 0.2) is 5.75 Å². The average molecular weight is 315 g/mol. The molecule has 0 unspecified atom stereocenters. The predicted molar refractivity (Wildman–Crippen MR) is 81.9 cm³/mol. The SMILES string of the molecule is NS(=O)(=O)c1ccc(Oc2cn[nH]c2-c2ccccc2)cc1. The number of H-pyrrole nitrogens is 1. The van der Waals surface area contributed by atoms with Crippen molar-refractivity contribution >= 4 is 10.0 Å². The highest BCUT2D eigenvalue weighted by atomic mass is 32.2. The molecule has 6 nitrogen and oxygen atoms in total. The molecule has 0 aliphatic carbocycles. The van der Waals surface area contributed by atoms with Gasteiger partial charge in [-0.05, 0) is 24.3 Å². The quantitative estimate of drug-likeness (QED) is 0.773. The summed E-state index contributed by atoms with van der Waals surface area (Å²) in [5, 5.41) is 11.9. The number of rotatable bonds is 4. The topological polar surface area (TPSA) is 98.1 Å². The molecule has 0 bridgehead atoms. The fourth-order valence-corrected chi connectivity index (χ4v) is 2.50. The molecule has 0 saturated heterocycles. The fraction of sp³-hybridized carbons (Fsp3) is 0. The number of nitrogens with two attached hydrogens (primary N) is 1. The van der Waals surface area contributed by atoms with E-state index in [1.54, 1.807) is 18.3 Å². The minimum Gasteiger partial charge on any atom is -0.453 e. The maximum absolute atomic E-state index is 11.2. The first-order valence-corrected chi connectivity index (χ1v) is 7.98. The highest BCUT2D eigenvalue weighted by Gasteiger charge is 2.11. The Morgan fingerprint density at radius 2 is 1.68 bits per heavy atom. The van der Waals surface area contributed by atoms with Crippen LogP contribution in [0.5, 0.6) is 11.5 Å². The van der Waals surface area contributed by atoms with Crippen LogP contribution in [0.25, 0.3) is 11.3 Å². The summed E-state index contributed by atoms with van der Waals surface area (Å²) in [7, 11) is -3.71. The largest absolute Gasteiger partial charge is 0.453 e. The number of hydrogen-bond acceptors (Lipinski definition) is 4. The van der Waals surface area contributed by atoms with Crippen molar-refractivity contribution in [2.24, 2.45) is 5.14 Å². The zero-order valence-electron chi connectivity index (χ0n) is 11.4. The van der Waals surface area contributed by atoms with Crippen LogP contribution in [0.1, 0.15) is 0 Å². The normalized spacial score (nSPS) is 11.3. The summed E-state index contributed by atoms with van der Waals surface area (Å²) < 4.78 is 28.2. The van der Waals surface area contributed by atoms with E-state index in [-0.39, 0.29) is 4.90 Å². The standard InChI is InChI=1S/C15H13N3O3S/c16-22(19,20)13-8-6-12(7-9-13)21-14-10-17-18-15(14)11-4-2-1-3-5-11/h1-10H,(H,17,18)(H2,16,19,20). The summed E-state index contributed by atoms with van der Waals surface area (Å²) in [4.78, 5) is 0.0373. The van der Waals surface area contributed by atoms with Crippen LogP contribution in [0.4, 0.5) is 0 Å². The Kier molecular flexibility index (Phi) is 3.66. The third-order valence-electron chi connectivity index (χ3n) is 3.05. The Bertz CT molecular complexity index is 872. The summed E-state index contributed by atoms with van der Waals surface area (Å²) in [6, 6.07) is 15.5. The molecular formula is C15H13N3O3S. The lowest BCUT2D eigenvalue weighted by molar-refractivity contribution is 0.484. The first kappa shape index (κ1) is 14.3. The van der Waals surface area contributed by atoms with Crippen molar-refractivity contribution in [3.63, 3.8) is 0 Å². The van der Waals surface area contributed by atoms with Crippen molar-refractivity contribution < 1.29 is 13.2 Å². The van der Waals surface area contributed by atoms with Crippen LogP contribution in [0.3, 0.4) is 0 Å². The van der Waals surface area contributed by atoms with E-state index in [2.05, 4.69) is 10.2 Å². The van der Waals surface area contributed by atoms with Gasteiger partial charge < -0.3 is 4.74 Å². The molecule has 3 aromatic rings. The van der Waals surface area contributed by atoms with Crippen LogP contribution < -0.4 is 9.88 Å². The van der Waals surface area contributed by atoms with Gasteiger partial charge in [0.1, 0.15) is 11.4 Å². The minimum absolute atomic E-state index is 0.0373. The lowest BCUT2D eigenvalue weighted by Crippen LogP contribution is -2.11. The Hall–Kier alpha value is -2.64. The number of aromatic amines is 1. The van der Waals surface area contributed by atoms with E-state index in [9.17, 15) is 8.42 Å². The van der Waals surface area contributed by atoms with Crippen molar-refractivity contribution in [2.75, 3.05) is 0 Å². The smallest absolute Gasteiger partial charge is 0.238 e. The molecule has 0 saturated carbocycles. The van der Waals surface area contributed by atoms with Crippen LogP contribution in [-0.2, 0) is 10.0 Å². The Balaban J connectivity index is 1.87. The van der Waals surface area contributed by atoms with Crippen LogP contribution in [-0.4, -0.2) is 18.6 Å². The van der Waals surface area contributed by atoms with E-state index in [4.69, 9.17) is 9.88 Å². The molecule has 112 valence electrons. The number of nitrogens with one attached hydrogen (secondary N) is 1. The van der Waals surface area contributed by atoms with Crippen molar-refractivity contribution in [3.05, 3.63) is 60.8 Å². The molecule has 1 aromatic heterocycles. The Morgan fingerprint density at radius 1 is 1.00 bits per heavy atom. The van der Waals surface area contributed by atoms with Gasteiger partial charge in [0.2, 0.25) is 10.0 Å². The molecular weight excluding hydrogens is 302 g/mol. The van der Waals surface area contributed by atoms with Gasteiger partial charge in [-0.1, -0.05) is 30.3 Å². The highest BCUT2D eigenvalue weighted by molar-refractivity contribution is 7.89. The second kappa shape index (κ2) is 5.63. The Labute approximate surface area is 127 Å². The van der Waals surface area contributed by atoms with Crippen LogP contribution >= 0.6 is 0 Å². The first-order chi connectivity index (χ1) is 10.5. The van der Waals surface area contributed by atoms with Crippen molar-refractivity contribution in [3.8, 4) is 22.8 Å². The summed E-state index contributed by atoms with van der Waals surface area (Å²) in [6.45, 7) is 0. The lowest BCUT2D eigenvalue weighted by Gasteiger charge is -2.07. The molecule has 22 heavy (non-hydrogen) atoms. The van der Waals surface area contributed by atoms with Gasteiger partial charge >= 0.3 is 0 Å². The molecule has 0 spiro atoms. The van der Waals surface area contributed by atoms with Gasteiger partial charge in [-0.2, -0.15) is 5.10 Å². The van der Waals surface area contributed by atoms with Gasteiger partial charge in [0.25, 0.3) is 0 Å². The molecule has 0 radical (unpaired) electrons. The zero-order chi connectivity index (χ0) is 15.6. The molecule has 3 rings (SSSR count). The molecule has 0 aliphatic rings. The summed E-state index contributed by atoms with van der Waals surface area (Å²) in [5.41, 5.74) is 1.69. The van der Waals surface area contributed by atoms with Gasteiger partial charge in [0, 0.05) is 5.56 Å². The molecule has 0 fully saturated rings. The maximum Gasteiger partial charge on any atom is 0.238 e. The molecule has 7 heteroatoms. The summed E-state index contributed by atoms with van der Waals surface area (Å²) in [5.74, 6) is 1.04. The van der Waals surface area contributed by atoms with Crippen molar-refractivity contribution in [1.29, 1.82) is 0 Å². The lowest BCUT2D eigenvalue weighted by atomic mass is 10.1. The van der Waals surface area contributed by atoms with Crippen LogP contribution in [0, 0.1) is 0 Å². The van der Waals surface area contributed by atoms with Gasteiger partial charge in [-0.15, -0.1) is 0 Å². The average Bonchev–Trinajstić information content (AvgIpc) is 2.96. The number of aromatic nitrogens is 2. The fourth-order valence-electron chi connectivity index (χ4n) is 1.99. The second-order valence-electron chi connectivity index (χ2n) is 4.59. The number of primary sulfonamides is 1. The number of ether oxygens (including phenoxy) is 1. The van der Waals surface area contributed by atoms with E-state index < -0.39 is 10.0 Å². The third-order valence-corrected chi connectivity index (χ3v) is 3.98. The molecule has 0 amide bonds. The number of hydrogen-bond donors (Lipinski definition) is 2. The van der Waals surface area contributed by atoms with Gasteiger partial charge in [0.05, 0.1) is 11.1 Å². The van der Waals surface area contributed by atoms with Gasteiger partial charge in [-0.3, -0.25) is 5.10 Å². The monoisotopic (exact) mass is 315 g/mol. The highest BCUT2D eigenvalue weighted by Crippen LogP contribution is 2.31. The Morgan fingerprint density at radius 3 is 2.32 bits per heavy atom. The molecule has 2 aromatic carbocycles.